The van der Waals surface area contributed by atoms with Crippen molar-refractivity contribution in [1.29, 1.82) is 0 Å². The number of nitrogens with zero attached hydrogens (tertiary/aromatic N) is 2. The van der Waals surface area contributed by atoms with Gasteiger partial charge in [0, 0.05) is 17.9 Å². The summed E-state index contributed by atoms with van der Waals surface area (Å²) in [5, 5.41) is 10.7. The molecule has 0 aliphatic rings. The summed E-state index contributed by atoms with van der Waals surface area (Å²) in [5.74, 6) is 0.678. The molecule has 0 radical (unpaired) electrons. The van der Waals surface area contributed by atoms with Crippen molar-refractivity contribution in [3.05, 3.63) is 33.8 Å². The summed E-state index contributed by atoms with van der Waals surface area (Å²) in [7, 11) is 0. The smallest absolute Gasteiger partial charge is 0.143 e. The Bertz CT molecular complexity index is 525. The van der Waals surface area contributed by atoms with Crippen LogP contribution in [0.3, 0.4) is 0 Å². The van der Waals surface area contributed by atoms with E-state index in [1.807, 2.05) is 0 Å². The van der Waals surface area contributed by atoms with E-state index in [9.17, 15) is 0 Å². The number of rotatable bonds is 4. The van der Waals surface area contributed by atoms with E-state index < -0.39 is 0 Å². The second-order valence-electron chi connectivity index (χ2n) is 4.57. The van der Waals surface area contributed by atoms with E-state index in [0.29, 0.717) is 5.88 Å². The van der Waals surface area contributed by atoms with Crippen LogP contribution in [0.1, 0.15) is 28.1 Å². The third kappa shape index (κ3) is 2.90. The van der Waals surface area contributed by atoms with E-state index in [0.717, 1.165) is 22.9 Å². The molecule has 0 saturated heterocycles. The van der Waals surface area contributed by atoms with Gasteiger partial charge in [-0.1, -0.05) is 29.0 Å². The summed E-state index contributed by atoms with van der Waals surface area (Å²) in [6, 6.07) is 4.39. The molecule has 0 N–H and O–H groups in total. The molecule has 0 unspecified atom stereocenters. The fourth-order valence-corrected chi connectivity index (χ4v) is 3.38. The highest BCUT2D eigenvalue weighted by Gasteiger charge is 2.12. The molecule has 0 spiro atoms. The molecule has 2 nitrogen and oxygen atoms in total. The molecule has 0 saturated carbocycles. The van der Waals surface area contributed by atoms with Crippen molar-refractivity contribution >= 4 is 22.9 Å². The molecule has 0 aliphatic heterocycles. The van der Waals surface area contributed by atoms with Crippen molar-refractivity contribution in [2.45, 2.75) is 33.6 Å². The van der Waals surface area contributed by atoms with Crippen LogP contribution in [0.15, 0.2) is 12.1 Å². The molecule has 4 heteroatoms. The minimum Gasteiger partial charge on any atom is -0.143 e. The second-order valence-corrected chi connectivity index (χ2v) is 6.01. The summed E-state index contributed by atoms with van der Waals surface area (Å²) in [5.41, 5.74) is 5.07. The molecular formula is C14H17ClN2S. The first-order valence-electron chi connectivity index (χ1n) is 6.08. The Kier molecular flexibility index (Phi) is 4.36. The van der Waals surface area contributed by atoms with Gasteiger partial charge >= 0.3 is 0 Å². The average molecular weight is 281 g/mol. The Morgan fingerprint density at radius 3 is 2.39 bits per heavy atom. The van der Waals surface area contributed by atoms with Gasteiger partial charge in [-0.05, 0) is 38.3 Å². The van der Waals surface area contributed by atoms with E-state index in [-0.39, 0.29) is 0 Å². The van der Waals surface area contributed by atoms with Crippen molar-refractivity contribution in [3.8, 4) is 10.6 Å². The molecule has 1 aromatic carbocycles. The van der Waals surface area contributed by atoms with Crippen molar-refractivity contribution in [2.24, 2.45) is 0 Å². The Labute approximate surface area is 117 Å². The van der Waals surface area contributed by atoms with Gasteiger partial charge in [-0.2, -0.15) is 0 Å². The highest BCUT2D eigenvalue weighted by molar-refractivity contribution is 7.14. The average Bonchev–Trinajstić information content (AvgIpc) is 2.73. The van der Waals surface area contributed by atoms with Crippen LogP contribution in [0, 0.1) is 20.8 Å². The van der Waals surface area contributed by atoms with E-state index >= 15 is 0 Å². The van der Waals surface area contributed by atoms with E-state index in [2.05, 4.69) is 43.1 Å². The Morgan fingerprint density at radius 1 is 1.11 bits per heavy atom. The van der Waals surface area contributed by atoms with E-state index in [1.165, 1.54) is 22.3 Å². The molecule has 0 atom stereocenters. The third-order valence-electron chi connectivity index (χ3n) is 2.88. The lowest BCUT2D eigenvalue weighted by Crippen LogP contribution is -1.89. The van der Waals surface area contributed by atoms with Crippen LogP contribution in [-0.4, -0.2) is 16.1 Å². The molecular weight excluding hydrogens is 264 g/mol. The molecule has 0 amide bonds. The number of aryl methyl sites for hydroxylation is 4. The maximum Gasteiger partial charge on any atom is 0.148 e. The number of hydrogen-bond acceptors (Lipinski definition) is 3. The van der Waals surface area contributed by atoms with Gasteiger partial charge < -0.3 is 0 Å². The van der Waals surface area contributed by atoms with Gasteiger partial charge in [0.15, 0.2) is 0 Å². The quantitative estimate of drug-likeness (QED) is 0.780. The largest absolute Gasteiger partial charge is 0.148 e. The highest BCUT2D eigenvalue weighted by atomic mass is 35.5. The summed E-state index contributed by atoms with van der Waals surface area (Å²) in [6.45, 7) is 6.39. The number of hydrogen-bond donors (Lipinski definition) is 0. The molecule has 1 aromatic heterocycles. The maximum atomic E-state index is 5.70. The SMILES string of the molecule is Cc1cc(C)c(-c2nnc(CCCCl)s2)c(C)c1. The van der Waals surface area contributed by atoms with Gasteiger partial charge in [-0.15, -0.1) is 21.8 Å². The minimum absolute atomic E-state index is 0.678. The lowest BCUT2D eigenvalue weighted by molar-refractivity contribution is 0.884. The van der Waals surface area contributed by atoms with Crippen LogP contribution < -0.4 is 0 Å². The van der Waals surface area contributed by atoms with Gasteiger partial charge in [-0.25, -0.2) is 0 Å². The van der Waals surface area contributed by atoms with Crippen molar-refractivity contribution in [2.75, 3.05) is 5.88 Å². The van der Waals surface area contributed by atoms with Gasteiger partial charge in [-0.3, -0.25) is 0 Å². The molecule has 0 bridgehead atoms. The van der Waals surface area contributed by atoms with Gasteiger partial charge in [0.2, 0.25) is 0 Å². The Hall–Kier alpha value is -0.930. The molecule has 0 aliphatic carbocycles. The zero-order valence-electron chi connectivity index (χ0n) is 11.0. The van der Waals surface area contributed by atoms with Crippen molar-refractivity contribution in [3.63, 3.8) is 0 Å². The van der Waals surface area contributed by atoms with Gasteiger partial charge in [0.05, 0.1) is 0 Å². The minimum atomic E-state index is 0.678. The fourth-order valence-electron chi connectivity index (χ4n) is 2.19. The zero-order chi connectivity index (χ0) is 13.1. The van der Waals surface area contributed by atoms with Crippen LogP contribution in [-0.2, 0) is 6.42 Å². The van der Waals surface area contributed by atoms with E-state index in [4.69, 9.17) is 11.6 Å². The van der Waals surface area contributed by atoms with Crippen LogP contribution in [0.5, 0.6) is 0 Å². The monoisotopic (exact) mass is 280 g/mol. The predicted molar refractivity (Wildman–Crippen MR) is 78.6 cm³/mol. The maximum absolute atomic E-state index is 5.70. The lowest BCUT2D eigenvalue weighted by atomic mass is 10.0. The second kappa shape index (κ2) is 5.81. The topological polar surface area (TPSA) is 25.8 Å². The van der Waals surface area contributed by atoms with Crippen molar-refractivity contribution in [1.82, 2.24) is 10.2 Å². The summed E-state index contributed by atoms with van der Waals surface area (Å²) in [6.07, 6.45) is 1.88. The molecule has 18 heavy (non-hydrogen) atoms. The number of benzene rings is 1. The number of aromatic nitrogens is 2. The van der Waals surface area contributed by atoms with E-state index in [1.54, 1.807) is 11.3 Å². The molecule has 2 aromatic rings. The summed E-state index contributed by atoms with van der Waals surface area (Å²) in [4.78, 5) is 0. The van der Waals surface area contributed by atoms with Crippen molar-refractivity contribution < 1.29 is 0 Å². The summed E-state index contributed by atoms with van der Waals surface area (Å²) < 4.78 is 0. The van der Waals surface area contributed by atoms with Gasteiger partial charge in [0.1, 0.15) is 10.0 Å². The Balaban J connectivity index is 2.34. The molecule has 0 fully saturated rings. The van der Waals surface area contributed by atoms with Crippen LogP contribution in [0.2, 0.25) is 0 Å². The number of alkyl halides is 1. The predicted octanol–water partition coefficient (Wildman–Crippen LogP) is 4.30. The lowest BCUT2D eigenvalue weighted by Gasteiger charge is -2.07. The zero-order valence-corrected chi connectivity index (χ0v) is 12.5. The summed E-state index contributed by atoms with van der Waals surface area (Å²) >= 11 is 7.38. The first kappa shape index (κ1) is 13.5. The molecule has 1 heterocycles. The van der Waals surface area contributed by atoms with Gasteiger partial charge in [0.25, 0.3) is 0 Å². The van der Waals surface area contributed by atoms with Crippen LogP contribution >= 0.6 is 22.9 Å². The van der Waals surface area contributed by atoms with Crippen LogP contribution in [0.4, 0.5) is 0 Å². The standard InChI is InChI=1S/C14H17ClN2S/c1-9-7-10(2)13(11(3)8-9)14-17-16-12(18-14)5-4-6-15/h7-8H,4-6H2,1-3H3. The normalized spacial score (nSPS) is 10.9. The number of halogens is 1. The van der Waals surface area contributed by atoms with Crippen LogP contribution in [0.25, 0.3) is 10.6 Å². The first-order valence-corrected chi connectivity index (χ1v) is 7.43. The molecule has 2 rings (SSSR count). The third-order valence-corrected chi connectivity index (χ3v) is 4.15. The Morgan fingerprint density at radius 2 is 1.78 bits per heavy atom. The molecule has 96 valence electrons. The fraction of sp³-hybridized carbons (Fsp3) is 0.429. The first-order chi connectivity index (χ1) is 8.61. The highest BCUT2D eigenvalue weighted by Crippen LogP contribution is 2.30.